The molecule has 3 aromatic rings. The van der Waals surface area contributed by atoms with Crippen molar-refractivity contribution >= 4 is 16.7 Å². The van der Waals surface area contributed by atoms with Gasteiger partial charge in [0.2, 0.25) is 0 Å². The molecule has 0 spiro atoms. The highest BCUT2D eigenvalue weighted by Crippen LogP contribution is 2.28. The molecule has 0 atom stereocenters. The smallest absolute Gasteiger partial charge is 0.127 e. The number of fused-ring (bicyclic) bond motifs is 1. The summed E-state index contributed by atoms with van der Waals surface area (Å²) in [6.45, 7) is 4.28. The summed E-state index contributed by atoms with van der Waals surface area (Å²) in [5.41, 5.74) is 10.5. The molecule has 0 aliphatic heterocycles. The fourth-order valence-electron chi connectivity index (χ4n) is 2.48. The average Bonchev–Trinajstić information content (AvgIpc) is 2.47. The molecule has 2 N–H and O–H groups in total. The van der Waals surface area contributed by atoms with Gasteiger partial charge in [0, 0.05) is 5.39 Å². The van der Waals surface area contributed by atoms with E-state index < -0.39 is 0 Å². The minimum atomic E-state index is 0.382. The molecular formula is C18H18N2. The zero-order valence-electron chi connectivity index (χ0n) is 11.8. The first-order valence-electron chi connectivity index (χ1n) is 6.91. The van der Waals surface area contributed by atoms with Crippen molar-refractivity contribution in [2.24, 2.45) is 0 Å². The monoisotopic (exact) mass is 262 g/mol. The van der Waals surface area contributed by atoms with E-state index in [0.29, 0.717) is 11.7 Å². The summed E-state index contributed by atoms with van der Waals surface area (Å²) in [6, 6.07) is 18.9. The predicted molar refractivity (Wildman–Crippen MR) is 85.7 cm³/mol. The van der Waals surface area contributed by atoms with Crippen molar-refractivity contribution in [2.45, 2.75) is 19.8 Å². The van der Waals surface area contributed by atoms with Crippen molar-refractivity contribution < 1.29 is 0 Å². The molecule has 0 radical (unpaired) electrons. The number of hydrogen-bond donors (Lipinski definition) is 1. The lowest BCUT2D eigenvalue weighted by Gasteiger charge is -2.11. The van der Waals surface area contributed by atoms with Crippen LogP contribution in [0, 0.1) is 0 Å². The van der Waals surface area contributed by atoms with E-state index in [1.807, 2.05) is 12.1 Å². The highest BCUT2D eigenvalue weighted by molar-refractivity contribution is 5.86. The second-order valence-electron chi connectivity index (χ2n) is 5.39. The molecule has 2 heteroatoms. The molecule has 0 bridgehead atoms. The fourth-order valence-corrected chi connectivity index (χ4v) is 2.48. The Balaban J connectivity index is 2.18. The Bertz CT molecular complexity index is 746. The summed E-state index contributed by atoms with van der Waals surface area (Å²) < 4.78 is 0. The first kappa shape index (κ1) is 12.7. The molecule has 2 aromatic carbocycles. The van der Waals surface area contributed by atoms with Crippen LogP contribution in [0.15, 0.2) is 54.6 Å². The van der Waals surface area contributed by atoms with Gasteiger partial charge in [-0.1, -0.05) is 50.2 Å². The quantitative estimate of drug-likeness (QED) is 0.732. The van der Waals surface area contributed by atoms with Crippen LogP contribution >= 0.6 is 0 Å². The summed E-state index contributed by atoms with van der Waals surface area (Å²) in [5, 5.41) is 1.14. The van der Waals surface area contributed by atoms with Crippen molar-refractivity contribution in [1.29, 1.82) is 0 Å². The van der Waals surface area contributed by atoms with Gasteiger partial charge in [0.15, 0.2) is 0 Å². The van der Waals surface area contributed by atoms with Crippen molar-refractivity contribution in [3.05, 3.63) is 60.2 Å². The van der Waals surface area contributed by atoms with Crippen LogP contribution in [0.5, 0.6) is 0 Å². The lowest BCUT2D eigenvalue weighted by Crippen LogP contribution is -2.00. The molecule has 0 saturated heterocycles. The van der Waals surface area contributed by atoms with Crippen molar-refractivity contribution in [1.82, 2.24) is 4.98 Å². The molecule has 20 heavy (non-hydrogen) atoms. The number of hydrogen-bond acceptors (Lipinski definition) is 2. The maximum Gasteiger partial charge on any atom is 0.127 e. The highest BCUT2D eigenvalue weighted by atomic mass is 14.8. The first-order valence-corrected chi connectivity index (χ1v) is 6.91. The van der Waals surface area contributed by atoms with Crippen molar-refractivity contribution in [3.63, 3.8) is 0 Å². The summed E-state index contributed by atoms with van der Waals surface area (Å²) in [6.07, 6.45) is 0. The van der Waals surface area contributed by atoms with E-state index in [-0.39, 0.29) is 0 Å². The normalized spacial score (nSPS) is 11.2. The van der Waals surface area contributed by atoms with Crippen LogP contribution in [0.2, 0.25) is 0 Å². The minimum Gasteiger partial charge on any atom is -0.383 e. The Labute approximate surface area is 119 Å². The Kier molecular flexibility index (Phi) is 3.15. The van der Waals surface area contributed by atoms with Gasteiger partial charge in [0.05, 0.1) is 5.52 Å². The largest absolute Gasteiger partial charge is 0.383 e. The topological polar surface area (TPSA) is 38.9 Å². The number of nitrogens with two attached hydrogens (primary N) is 1. The van der Waals surface area contributed by atoms with E-state index in [1.165, 1.54) is 11.1 Å². The molecule has 0 saturated carbocycles. The molecule has 100 valence electrons. The van der Waals surface area contributed by atoms with Gasteiger partial charge in [-0.25, -0.2) is 4.98 Å². The van der Waals surface area contributed by atoms with Crippen LogP contribution in [0.25, 0.3) is 22.0 Å². The van der Waals surface area contributed by atoms with Crippen molar-refractivity contribution in [2.75, 3.05) is 5.73 Å². The molecular weight excluding hydrogens is 244 g/mol. The van der Waals surface area contributed by atoms with Gasteiger partial charge in [0.25, 0.3) is 0 Å². The van der Waals surface area contributed by atoms with Gasteiger partial charge < -0.3 is 5.73 Å². The van der Waals surface area contributed by atoms with E-state index in [9.17, 15) is 0 Å². The number of benzene rings is 2. The summed E-state index contributed by atoms with van der Waals surface area (Å²) in [5.74, 6) is 1.02. The lowest BCUT2D eigenvalue weighted by atomic mass is 9.99. The number of nitrogen functional groups attached to an aromatic ring is 1. The third-order valence-corrected chi connectivity index (χ3v) is 3.60. The second-order valence-corrected chi connectivity index (χ2v) is 5.39. The van der Waals surface area contributed by atoms with Crippen LogP contribution in [-0.2, 0) is 0 Å². The molecule has 0 aliphatic carbocycles. The van der Waals surface area contributed by atoms with Gasteiger partial charge in [-0.3, -0.25) is 0 Å². The molecule has 1 heterocycles. The van der Waals surface area contributed by atoms with Crippen LogP contribution in [0.4, 0.5) is 5.82 Å². The van der Waals surface area contributed by atoms with Crippen LogP contribution in [0.1, 0.15) is 25.3 Å². The molecule has 1 aromatic heterocycles. The van der Waals surface area contributed by atoms with Gasteiger partial charge in [-0.2, -0.15) is 0 Å². The maximum atomic E-state index is 6.03. The molecule has 0 aliphatic rings. The average molecular weight is 262 g/mol. The van der Waals surface area contributed by atoms with E-state index in [2.05, 4.69) is 61.3 Å². The Morgan fingerprint density at radius 1 is 0.900 bits per heavy atom. The van der Waals surface area contributed by atoms with Gasteiger partial charge in [0.1, 0.15) is 5.82 Å². The van der Waals surface area contributed by atoms with Crippen molar-refractivity contribution in [3.8, 4) is 11.1 Å². The number of rotatable bonds is 2. The molecule has 0 fully saturated rings. The van der Waals surface area contributed by atoms with E-state index in [1.54, 1.807) is 0 Å². The summed E-state index contributed by atoms with van der Waals surface area (Å²) in [7, 11) is 0. The molecule has 2 nitrogen and oxygen atoms in total. The highest BCUT2D eigenvalue weighted by Gasteiger charge is 2.08. The van der Waals surface area contributed by atoms with Gasteiger partial charge in [-0.05, 0) is 40.8 Å². The molecule has 0 amide bonds. The fraction of sp³-hybridized carbons (Fsp3) is 0.167. The number of nitrogens with zero attached hydrogens (tertiary/aromatic N) is 1. The number of pyridine rings is 1. The Morgan fingerprint density at radius 2 is 1.65 bits per heavy atom. The van der Waals surface area contributed by atoms with Crippen LogP contribution in [-0.4, -0.2) is 4.98 Å². The van der Waals surface area contributed by atoms with E-state index in [4.69, 9.17) is 5.73 Å². The van der Waals surface area contributed by atoms with Crippen LogP contribution in [0.3, 0.4) is 0 Å². The Hall–Kier alpha value is -2.35. The van der Waals surface area contributed by atoms with Gasteiger partial charge >= 0.3 is 0 Å². The predicted octanol–water partition coefficient (Wildman–Crippen LogP) is 4.61. The van der Waals surface area contributed by atoms with E-state index >= 15 is 0 Å². The minimum absolute atomic E-state index is 0.382. The SMILES string of the molecule is CC(C)c1cc2cc(-c3ccccc3)ccc2nc1N. The Morgan fingerprint density at radius 3 is 2.35 bits per heavy atom. The zero-order chi connectivity index (χ0) is 14.1. The molecule has 3 rings (SSSR count). The summed E-state index contributed by atoms with van der Waals surface area (Å²) >= 11 is 0. The second kappa shape index (κ2) is 4.97. The van der Waals surface area contributed by atoms with Gasteiger partial charge in [-0.15, -0.1) is 0 Å². The standard InChI is InChI=1S/C18H18N2/c1-12(2)16-11-15-10-14(13-6-4-3-5-7-13)8-9-17(15)20-18(16)19/h3-12H,1-2H3,(H2,19,20). The third-order valence-electron chi connectivity index (χ3n) is 3.60. The maximum absolute atomic E-state index is 6.03. The lowest BCUT2D eigenvalue weighted by molar-refractivity contribution is 0.866. The number of aromatic nitrogens is 1. The van der Waals surface area contributed by atoms with Crippen LogP contribution < -0.4 is 5.73 Å². The number of anilines is 1. The molecule has 0 unspecified atom stereocenters. The first-order chi connectivity index (χ1) is 9.65. The van der Waals surface area contributed by atoms with E-state index in [0.717, 1.165) is 16.5 Å². The zero-order valence-corrected chi connectivity index (χ0v) is 11.8. The third kappa shape index (κ3) is 2.25. The summed E-state index contributed by atoms with van der Waals surface area (Å²) in [4.78, 5) is 4.51.